The molecule has 2 aromatic carbocycles. The number of carbonyl (C=O) groups excluding carboxylic acids is 4. The lowest BCUT2D eigenvalue weighted by atomic mass is 10.0. The van der Waals surface area contributed by atoms with E-state index in [0.717, 1.165) is 23.3 Å². The molecule has 0 aliphatic carbocycles. The van der Waals surface area contributed by atoms with Gasteiger partial charge in [-0.15, -0.1) is 11.8 Å². The SMILES string of the molecule is O=C1CC[C@@H](C(=O)N[C@H]2C(=O)N(CC(=O)N3CCCC3)c3ccccc3S[C@@H]2c2ccccc2)N1. The number of nitrogens with one attached hydrogen (secondary N) is 2. The second-order valence-electron chi connectivity index (χ2n) is 9.07. The van der Waals surface area contributed by atoms with Gasteiger partial charge in [0.1, 0.15) is 18.6 Å². The minimum Gasteiger partial charge on any atom is -0.344 e. The summed E-state index contributed by atoms with van der Waals surface area (Å²) in [5.74, 6) is -0.979. The van der Waals surface area contributed by atoms with Crippen molar-refractivity contribution >= 4 is 41.1 Å². The summed E-state index contributed by atoms with van der Waals surface area (Å²) in [6.45, 7) is 1.32. The number of rotatable bonds is 5. The van der Waals surface area contributed by atoms with Crippen LogP contribution in [0.1, 0.15) is 36.5 Å². The van der Waals surface area contributed by atoms with E-state index in [-0.39, 0.29) is 36.6 Å². The fourth-order valence-electron chi connectivity index (χ4n) is 4.87. The minimum absolute atomic E-state index is 0.0789. The number of likely N-dealkylation sites (tertiary alicyclic amines) is 1. The lowest BCUT2D eigenvalue weighted by Crippen LogP contribution is -2.55. The first-order chi connectivity index (χ1) is 17.0. The van der Waals surface area contributed by atoms with Crippen molar-refractivity contribution in [3.63, 3.8) is 0 Å². The Balaban J connectivity index is 1.51. The van der Waals surface area contributed by atoms with Crippen LogP contribution in [0.3, 0.4) is 0 Å². The number of hydrogen-bond acceptors (Lipinski definition) is 5. The predicted octanol–water partition coefficient (Wildman–Crippen LogP) is 2.25. The monoisotopic (exact) mass is 492 g/mol. The number of hydrogen-bond donors (Lipinski definition) is 2. The summed E-state index contributed by atoms with van der Waals surface area (Å²) in [7, 11) is 0. The fourth-order valence-corrected chi connectivity index (χ4v) is 6.21. The van der Waals surface area contributed by atoms with Crippen LogP contribution in [0.15, 0.2) is 59.5 Å². The summed E-state index contributed by atoms with van der Waals surface area (Å²) in [4.78, 5) is 56.2. The van der Waals surface area contributed by atoms with Crippen LogP contribution in [0, 0.1) is 0 Å². The van der Waals surface area contributed by atoms with Crippen LogP contribution in [0.5, 0.6) is 0 Å². The number of thioether (sulfide) groups is 1. The Hall–Kier alpha value is -3.33. The Bertz CT molecular complexity index is 1140. The van der Waals surface area contributed by atoms with E-state index in [1.54, 1.807) is 4.90 Å². The van der Waals surface area contributed by atoms with Gasteiger partial charge in [0.2, 0.25) is 17.7 Å². The van der Waals surface area contributed by atoms with Gasteiger partial charge in [0, 0.05) is 24.4 Å². The van der Waals surface area contributed by atoms with Crippen molar-refractivity contribution in [1.82, 2.24) is 15.5 Å². The highest BCUT2D eigenvalue weighted by atomic mass is 32.2. The maximum absolute atomic E-state index is 14.1. The molecule has 9 heteroatoms. The summed E-state index contributed by atoms with van der Waals surface area (Å²) >= 11 is 1.50. The molecule has 8 nitrogen and oxygen atoms in total. The van der Waals surface area contributed by atoms with E-state index in [1.807, 2.05) is 54.6 Å². The highest BCUT2D eigenvalue weighted by Gasteiger charge is 2.42. The molecule has 0 aromatic heterocycles. The molecule has 5 rings (SSSR count). The van der Waals surface area contributed by atoms with Crippen LogP contribution in [0.25, 0.3) is 0 Å². The zero-order chi connectivity index (χ0) is 24.4. The minimum atomic E-state index is -0.911. The number of nitrogens with zero attached hydrogens (tertiary/aromatic N) is 2. The summed E-state index contributed by atoms with van der Waals surface area (Å²) < 4.78 is 0. The average molecular weight is 493 g/mol. The number of para-hydroxylation sites is 1. The van der Waals surface area contributed by atoms with Gasteiger partial charge >= 0.3 is 0 Å². The molecule has 3 aliphatic heterocycles. The van der Waals surface area contributed by atoms with Crippen LogP contribution < -0.4 is 15.5 Å². The Morgan fingerprint density at radius 1 is 1.00 bits per heavy atom. The molecular formula is C26H28N4O4S. The maximum Gasteiger partial charge on any atom is 0.251 e. The molecule has 2 N–H and O–H groups in total. The van der Waals surface area contributed by atoms with Crippen LogP contribution in [0.2, 0.25) is 0 Å². The zero-order valence-electron chi connectivity index (χ0n) is 19.3. The third kappa shape index (κ3) is 4.91. The Morgan fingerprint density at radius 3 is 2.43 bits per heavy atom. The molecule has 0 bridgehead atoms. The van der Waals surface area contributed by atoms with Gasteiger partial charge in [0.05, 0.1) is 10.9 Å². The first kappa shape index (κ1) is 23.4. The number of amides is 4. The second kappa shape index (κ2) is 10.1. The van der Waals surface area contributed by atoms with Crippen molar-refractivity contribution in [2.45, 2.75) is 47.9 Å². The molecule has 3 heterocycles. The Morgan fingerprint density at radius 2 is 1.71 bits per heavy atom. The largest absolute Gasteiger partial charge is 0.344 e. The lowest BCUT2D eigenvalue weighted by molar-refractivity contribution is -0.132. The van der Waals surface area contributed by atoms with E-state index in [1.165, 1.54) is 16.7 Å². The zero-order valence-corrected chi connectivity index (χ0v) is 20.1. The van der Waals surface area contributed by atoms with Crippen molar-refractivity contribution in [3.8, 4) is 0 Å². The van der Waals surface area contributed by atoms with Gasteiger partial charge in [-0.05, 0) is 37.0 Å². The second-order valence-corrected chi connectivity index (χ2v) is 10.3. The number of benzene rings is 2. The maximum atomic E-state index is 14.1. The van der Waals surface area contributed by atoms with Gasteiger partial charge in [-0.25, -0.2) is 0 Å². The summed E-state index contributed by atoms with van der Waals surface area (Å²) in [6.07, 6.45) is 2.61. The highest BCUT2D eigenvalue weighted by Crippen LogP contribution is 2.45. The molecule has 2 saturated heterocycles. The highest BCUT2D eigenvalue weighted by molar-refractivity contribution is 7.99. The molecular weight excluding hydrogens is 464 g/mol. The third-order valence-electron chi connectivity index (χ3n) is 6.73. The van der Waals surface area contributed by atoms with Crippen LogP contribution in [-0.4, -0.2) is 60.2 Å². The quantitative estimate of drug-likeness (QED) is 0.667. The van der Waals surface area contributed by atoms with E-state index in [0.29, 0.717) is 25.2 Å². The summed E-state index contributed by atoms with van der Waals surface area (Å²) in [5.41, 5.74) is 1.57. The molecule has 35 heavy (non-hydrogen) atoms. The summed E-state index contributed by atoms with van der Waals surface area (Å²) in [6, 6.07) is 15.6. The van der Waals surface area contributed by atoms with Crippen LogP contribution in [-0.2, 0) is 19.2 Å². The smallest absolute Gasteiger partial charge is 0.251 e. The van der Waals surface area contributed by atoms with Gasteiger partial charge < -0.3 is 20.4 Å². The molecule has 0 saturated carbocycles. The van der Waals surface area contributed by atoms with Gasteiger partial charge in [0.15, 0.2) is 0 Å². The molecule has 4 amide bonds. The fraction of sp³-hybridized carbons (Fsp3) is 0.385. The topological polar surface area (TPSA) is 98.8 Å². The van der Waals surface area contributed by atoms with Crippen molar-refractivity contribution in [3.05, 3.63) is 60.2 Å². The first-order valence-electron chi connectivity index (χ1n) is 12.0. The molecule has 3 aliphatic rings. The Labute approximate surface area is 208 Å². The molecule has 0 spiro atoms. The van der Waals surface area contributed by atoms with E-state index in [4.69, 9.17) is 0 Å². The Kier molecular flexibility index (Phi) is 6.77. The van der Waals surface area contributed by atoms with Crippen molar-refractivity contribution in [2.24, 2.45) is 0 Å². The van der Waals surface area contributed by atoms with Crippen LogP contribution in [0.4, 0.5) is 5.69 Å². The lowest BCUT2D eigenvalue weighted by Gasteiger charge is -2.30. The van der Waals surface area contributed by atoms with Crippen molar-refractivity contribution < 1.29 is 19.2 Å². The van der Waals surface area contributed by atoms with Gasteiger partial charge in [-0.1, -0.05) is 42.5 Å². The normalized spacial score (nSPS) is 24.1. The molecule has 2 aromatic rings. The average Bonchev–Trinajstić information content (AvgIpc) is 3.55. The van der Waals surface area contributed by atoms with Crippen molar-refractivity contribution in [1.29, 1.82) is 0 Å². The molecule has 0 unspecified atom stereocenters. The number of anilines is 1. The number of carbonyl (C=O) groups is 4. The predicted molar refractivity (Wildman–Crippen MR) is 133 cm³/mol. The van der Waals surface area contributed by atoms with E-state index >= 15 is 0 Å². The van der Waals surface area contributed by atoms with E-state index in [2.05, 4.69) is 10.6 Å². The summed E-state index contributed by atoms with van der Waals surface area (Å²) in [5, 5.41) is 5.21. The standard InChI is InChI=1S/C26H28N4O4S/c31-21-13-12-18(27-21)25(33)28-23-24(17-8-2-1-3-9-17)35-20-11-5-4-10-19(20)30(26(23)34)16-22(32)29-14-6-7-15-29/h1-5,8-11,18,23-24H,6-7,12-16H2,(H,27,31)(H,28,33)/t18-,23+,24+/m0/s1. The number of fused-ring (bicyclic) bond motifs is 1. The van der Waals surface area contributed by atoms with Gasteiger partial charge in [-0.2, -0.15) is 0 Å². The first-order valence-corrected chi connectivity index (χ1v) is 12.9. The van der Waals surface area contributed by atoms with Gasteiger partial charge in [-0.3, -0.25) is 19.2 Å². The third-order valence-corrected chi connectivity index (χ3v) is 8.13. The molecule has 2 fully saturated rings. The van der Waals surface area contributed by atoms with E-state index < -0.39 is 17.3 Å². The molecule has 182 valence electrons. The van der Waals surface area contributed by atoms with Crippen LogP contribution >= 0.6 is 11.8 Å². The molecule has 3 atom stereocenters. The van der Waals surface area contributed by atoms with Gasteiger partial charge in [0.25, 0.3) is 5.91 Å². The van der Waals surface area contributed by atoms with Crippen molar-refractivity contribution in [2.75, 3.05) is 24.5 Å². The molecule has 0 radical (unpaired) electrons. The van der Waals surface area contributed by atoms with E-state index in [9.17, 15) is 19.2 Å².